The van der Waals surface area contributed by atoms with Gasteiger partial charge in [0.15, 0.2) is 0 Å². The number of aliphatic hydroxyl groups excluding tert-OH is 1. The molecule has 1 aromatic carbocycles. The molecule has 0 saturated carbocycles. The molecule has 1 aromatic rings. The summed E-state index contributed by atoms with van der Waals surface area (Å²) >= 11 is 0. The Kier molecular flexibility index (Phi) is 5.96. The van der Waals surface area contributed by atoms with E-state index in [-0.39, 0.29) is 0 Å². The normalized spacial score (nSPS) is 18.9. The van der Waals surface area contributed by atoms with Gasteiger partial charge in [-0.25, -0.2) is 0 Å². The van der Waals surface area contributed by atoms with Crippen LogP contribution >= 0.6 is 0 Å². The first-order valence-electron chi connectivity index (χ1n) is 7.94. The van der Waals surface area contributed by atoms with E-state index < -0.39 is 11.5 Å². The Hall–Kier alpha value is -1.41. The minimum atomic E-state index is -0.479. The molecule has 1 N–H and O–H groups in total. The quantitative estimate of drug-likeness (QED) is 0.877. The summed E-state index contributed by atoms with van der Waals surface area (Å²) in [5.41, 5.74) is 2.08. The first kappa shape index (κ1) is 17.0. The molecule has 0 aliphatic carbocycles. The van der Waals surface area contributed by atoms with Crippen LogP contribution in [0.15, 0.2) is 24.3 Å². The van der Waals surface area contributed by atoms with E-state index in [9.17, 15) is 10.4 Å². The van der Waals surface area contributed by atoms with Crippen LogP contribution < -0.4 is 0 Å². The molecule has 1 atom stereocenters. The van der Waals surface area contributed by atoms with E-state index in [2.05, 4.69) is 42.2 Å². The van der Waals surface area contributed by atoms with Gasteiger partial charge in [-0.15, -0.1) is 0 Å². The number of nitrogens with zero attached hydrogens (tertiary/aromatic N) is 2. The highest BCUT2D eigenvalue weighted by Crippen LogP contribution is 2.34. The van der Waals surface area contributed by atoms with Crippen molar-refractivity contribution < 1.29 is 9.84 Å². The highest BCUT2D eigenvalue weighted by Gasteiger charge is 2.35. The van der Waals surface area contributed by atoms with Crippen molar-refractivity contribution in [2.24, 2.45) is 5.41 Å². The number of hydrogen-bond donors (Lipinski definition) is 1. The summed E-state index contributed by atoms with van der Waals surface area (Å²) in [6, 6.07) is 10.8. The molecule has 2 rings (SSSR count). The van der Waals surface area contributed by atoms with Crippen LogP contribution in [0.5, 0.6) is 0 Å². The molecule has 0 bridgehead atoms. The van der Waals surface area contributed by atoms with Gasteiger partial charge in [0.25, 0.3) is 0 Å². The monoisotopic (exact) mass is 302 g/mol. The lowest BCUT2D eigenvalue weighted by atomic mass is 9.77. The van der Waals surface area contributed by atoms with Crippen LogP contribution in [0.2, 0.25) is 0 Å². The number of rotatable bonds is 6. The lowest BCUT2D eigenvalue weighted by molar-refractivity contribution is 0.00754. The zero-order valence-electron chi connectivity index (χ0n) is 13.6. The maximum atomic E-state index is 10.4. The molecule has 4 heteroatoms. The third kappa shape index (κ3) is 4.81. The molecule has 1 heterocycles. The van der Waals surface area contributed by atoms with Gasteiger partial charge < -0.3 is 9.84 Å². The summed E-state index contributed by atoms with van der Waals surface area (Å²) in [6.45, 7) is 4.72. The standard InChI is InChI=1S/C18H26N2O2/c1-15-4-3-5-16(10-15)12-20(2)13-17(21)11-18(14-19)6-8-22-9-7-18/h3-5,10,17,21H,6-9,11-13H2,1-2H3. The molecule has 0 amide bonds. The Morgan fingerprint density at radius 1 is 1.41 bits per heavy atom. The highest BCUT2D eigenvalue weighted by atomic mass is 16.5. The minimum Gasteiger partial charge on any atom is -0.392 e. The fourth-order valence-electron chi connectivity index (χ4n) is 3.19. The van der Waals surface area contributed by atoms with Crippen LogP contribution in [-0.4, -0.2) is 42.9 Å². The Morgan fingerprint density at radius 3 is 2.77 bits per heavy atom. The maximum Gasteiger partial charge on any atom is 0.0692 e. The zero-order valence-corrected chi connectivity index (χ0v) is 13.6. The Morgan fingerprint density at radius 2 is 2.14 bits per heavy atom. The van der Waals surface area contributed by atoms with E-state index in [0.717, 1.165) is 19.4 Å². The largest absolute Gasteiger partial charge is 0.392 e. The predicted octanol–water partition coefficient (Wildman–Crippen LogP) is 2.50. The second kappa shape index (κ2) is 7.73. The van der Waals surface area contributed by atoms with Gasteiger partial charge in [-0.05, 0) is 38.8 Å². The summed E-state index contributed by atoms with van der Waals surface area (Å²) in [4.78, 5) is 2.11. The SMILES string of the molecule is Cc1cccc(CN(C)CC(O)CC2(C#N)CCOCC2)c1. The van der Waals surface area contributed by atoms with Crippen molar-refractivity contribution in [3.05, 3.63) is 35.4 Å². The van der Waals surface area contributed by atoms with Gasteiger partial charge in [-0.3, -0.25) is 4.90 Å². The highest BCUT2D eigenvalue weighted by molar-refractivity contribution is 5.22. The molecule has 22 heavy (non-hydrogen) atoms. The van der Waals surface area contributed by atoms with E-state index >= 15 is 0 Å². The van der Waals surface area contributed by atoms with Crippen LogP contribution in [0, 0.1) is 23.7 Å². The van der Waals surface area contributed by atoms with Gasteiger partial charge in [0, 0.05) is 26.3 Å². The van der Waals surface area contributed by atoms with Crippen molar-refractivity contribution >= 4 is 0 Å². The molecule has 0 spiro atoms. The molecular formula is C18H26N2O2. The summed E-state index contributed by atoms with van der Waals surface area (Å²) in [5.74, 6) is 0. The molecule has 1 unspecified atom stereocenters. The van der Waals surface area contributed by atoms with Crippen molar-refractivity contribution in [3.63, 3.8) is 0 Å². The third-order valence-electron chi connectivity index (χ3n) is 4.37. The van der Waals surface area contributed by atoms with Crippen LogP contribution in [0.25, 0.3) is 0 Å². The van der Waals surface area contributed by atoms with Gasteiger partial charge >= 0.3 is 0 Å². The fourth-order valence-corrected chi connectivity index (χ4v) is 3.19. The molecule has 1 saturated heterocycles. The van der Waals surface area contributed by atoms with Gasteiger partial charge in [0.1, 0.15) is 0 Å². The first-order chi connectivity index (χ1) is 10.5. The van der Waals surface area contributed by atoms with Gasteiger partial charge in [0.2, 0.25) is 0 Å². The topological polar surface area (TPSA) is 56.5 Å². The number of ether oxygens (including phenoxy) is 1. The van der Waals surface area contributed by atoms with E-state index in [4.69, 9.17) is 4.74 Å². The Bertz CT molecular complexity index is 518. The van der Waals surface area contributed by atoms with Crippen molar-refractivity contribution in [2.75, 3.05) is 26.8 Å². The van der Waals surface area contributed by atoms with Gasteiger partial charge in [0.05, 0.1) is 17.6 Å². The summed E-state index contributed by atoms with van der Waals surface area (Å²) < 4.78 is 5.34. The molecule has 120 valence electrons. The molecule has 0 radical (unpaired) electrons. The van der Waals surface area contributed by atoms with E-state index in [1.165, 1.54) is 11.1 Å². The first-order valence-corrected chi connectivity index (χ1v) is 7.94. The van der Waals surface area contributed by atoms with Crippen LogP contribution in [0.1, 0.15) is 30.4 Å². The van der Waals surface area contributed by atoms with Crippen LogP contribution in [0.4, 0.5) is 0 Å². The summed E-state index contributed by atoms with van der Waals surface area (Å²) in [5, 5.41) is 19.8. The minimum absolute atomic E-state index is 0.415. The second-order valence-corrected chi connectivity index (χ2v) is 6.55. The molecule has 4 nitrogen and oxygen atoms in total. The van der Waals surface area contributed by atoms with Crippen molar-refractivity contribution in [1.82, 2.24) is 4.90 Å². The third-order valence-corrected chi connectivity index (χ3v) is 4.37. The molecule has 1 aliphatic rings. The smallest absolute Gasteiger partial charge is 0.0692 e. The Balaban J connectivity index is 1.85. The van der Waals surface area contributed by atoms with E-state index in [1.807, 2.05) is 7.05 Å². The molecule has 1 aliphatic heterocycles. The average Bonchev–Trinajstić information content (AvgIpc) is 2.47. The Labute approximate surface area is 133 Å². The van der Waals surface area contributed by atoms with E-state index in [0.29, 0.717) is 26.2 Å². The molecule has 1 fully saturated rings. The summed E-state index contributed by atoms with van der Waals surface area (Å²) in [6.07, 6.45) is 1.50. The lowest BCUT2D eigenvalue weighted by Gasteiger charge is -2.33. The number of aliphatic hydroxyl groups is 1. The summed E-state index contributed by atoms with van der Waals surface area (Å²) in [7, 11) is 2.01. The van der Waals surface area contributed by atoms with Crippen molar-refractivity contribution in [3.8, 4) is 6.07 Å². The zero-order chi connectivity index (χ0) is 16.0. The molecular weight excluding hydrogens is 276 g/mol. The molecule has 0 aromatic heterocycles. The second-order valence-electron chi connectivity index (χ2n) is 6.55. The number of likely N-dealkylation sites (N-methyl/N-ethyl adjacent to an activating group) is 1. The van der Waals surface area contributed by atoms with Gasteiger partial charge in [-0.1, -0.05) is 29.8 Å². The van der Waals surface area contributed by atoms with Crippen molar-refractivity contribution in [2.45, 2.75) is 38.8 Å². The number of hydrogen-bond acceptors (Lipinski definition) is 4. The van der Waals surface area contributed by atoms with E-state index in [1.54, 1.807) is 0 Å². The van der Waals surface area contributed by atoms with Gasteiger partial charge in [-0.2, -0.15) is 5.26 Å². The van der Waals surface area contributed by atoms with Crippen LogP contribution in [-0.2, 0) is 11.3 Å². The number of benzene rings is 1. The van der Waals surface area contributed by atoms with Crippen LogP contribution in [0.3, 0.4) is 0 Å². The van der Waals surface area contributed by atoms with Crippen molar-refractivity contribution in [1.29, 1.82) is 5.26 Å². The number of nitriles is 1. The maximum absolute atomic E-state index is 10.4. The fraction of sp³-hybridized carbons (Fsp3) is 0.611. The lowest BCUT2D eigenvalue weighted by Crippen LogP contribution is -2.36. The predicted molar refractivity (Wildman–Crippen MR) is 86.2 cm³/mol. The number of aryl methyl sites for hydroxylation is 1. The average molecular weight is 302 g/mol.